The van der Waals surface area contributed by atoms with Crippen LogP contribution in [0.3, 0.4) is 0 Å². The van der Waals surface area contributed by atoms with Gasteiger partial charge < -0.3 is 5.32 Å². The van der Waals surface area contributed by atoms with Crippen molar-refractivity contribution in [2.24, 2.45) is 0 Å². The van der Waals surface area contributed by atoms with Gasteiger partial charge in [-0.1, -0.05) is 39.7 Å². The highest BCUT2D eigenvalue weighted by molar-refractivity contribution is 9.10. The largest absolute Gasteiger partial charge is 0.325 e. The van der Waals surface area contributed by atoms with E-state index in [1.165, 1.54) is 11.8 Å². The van der Waals surface area contributed by atoms with Crippen molar-refractivity contribution in [3.63, 3.8) is 0 Å². The second-order valence-corrected chi connectivity index (χ2v) is 6.82. The molecule has 0 saturated heterocycles. The molecule has 2 rings (SSSR count). The number of anilines is 1. The van der Waals surface area contributed by atoms with Crippen molar-refractivity contribution in [3.8, 4) is 0 Å². The van der Waals surface area contributed by atoms with Crippen LogP contribution in [-0.4, -0.2) is 23.2 Å². The molecule has 2 aromatic rings. The standard InChI is InChI=1S/C16H13BrClNO2S/c17-12-3-1-11(2-4-12)15(20)9-22-10-16(21)19-14-7-5-13(18)6-8-14/h1-8H,9-10H2,(H,19,21). The Morgan fingerprint density at radius 1 is 1.00 bits per heavy atom. The number of hydrogen-bond donors (Lipinski definition) is 1. The van der Waals surface area contributed by atoms with E-state index in [2.05, 4.69) is 21.2 Å². The van der Waals surface area contributed by atoms with Gasteiger partial charge in [0.15, 0.2) is 5.78 Å². The average molecular weight is 399 g/mol. The van der Waals surface area contributed by atoms with E-state index in [-0.39, 0.29) is 23.2 Å². The number of amides is 1. The van der Waals surface area contributed by atoms with Crippen molar-refractivity contribution in [1.82, 2.24) is 0 Å². The van der Waals surface area contributed by atoms with Gasteiger partial charge in [0.25, 0.3) is 0 Å². The first kappa shape index (κ1) is 17.1. The Bertz CT molecular complexity index is 659. The minimum Gasteiger partial charge on any atom is -0.325 e. The average Bonchev–Trinajstić information content (AvgIpc) is 2.50. The van der Waals surface area contributed by atoms with E-state index in [1.807, 2.05) is 12.1 Å². The fourth-order valence-electron chi connectivity index (χ4n) is 1.69. The van der Waals surface area contributed by atoms with Crippen molar-refractivity contribution in [2.45, 2.75) is 0 Å². The number of rotatable bonds is 6. The Labute approximate surface area is 146 Å². The van der Waals surface area contributed by atoms with Gasteiger partial charge in [-0.25, -0.2) is 0 Å². The number of benzene rings is 2. The molecule has 0 spiro atoms. The lowest BCUT2D eigenvalue weighted by molar-refractivity contribution is -0.113. The number of halogens is 2. The lowest BCUT2D eigenvalue weighted by Gasteiger charge is -2.05. The Morgan fingerprint density at radius 3 is 2.27 bits per heavy atom. The van der Waals surface area contributed by atoms with Crippen LogP contribution in [0.5, 0.6) is 0 Å². The highest BCUT2D eigenvalue weighted by Crippen LogP contribution is 2.15. The summed E-state index contributed by atoms with van der Waals surface area (Å²) < 4.78 is 0.930. The Hall–Kier alpha value is -1.30. The van der Waals surface area contributed by atoms with Crippen LogP contribution in [0.25, 0.3) is 0 Å². The monoisotopic (exact) mass is 397 g/mol. The van der Waals surface area contributed by atoms with Crippen molar-refractivity contribution in [1.29, 1.82) is 0 Å². The topological polar surface area (TPSA) is 46.2 Å². The van der Waals surface area contributed by atoms with E-state index in [1.54, 1.807) is 36.4 Å². The van der Waals surface area contributed by atoms with E-state index < -0.39 is 0 Å². The SMILES string of the molecule is O=C(CSCC(=O)c1ccc(Br)cc1)Nc1ccc(Cl)cc1. The molecular weight excluding hydrogens is 386 g/mol. The van der Waals surface area contributed by atoms with Gasteiger partial charge in [0.05, 0.1) is 11.5 Å². The maximum atomic E-state index is 12.0. The molecule has 0 bridgehead atoms. The predicted molar refractivity (Wildman–Crippen MR) is 95.9 cm³/mol. The number of ketones is 1. The van der Waals surface area contributed by atoms with E-state index in [0.717, 1.165) is 4.47 Å². The normalized spacial score (nSPS) is 10.3. The van der Waals surface area contributed by atoms with Gasteiger partial charge in [-0.05, 0) is 36.4 Å². The van der Waals surface area contributed by atoms with Crippen LogP contribution in [0.15, 0.2) is 53.0 Å². The summed E-state index contributed by atoms with van der Waals surface area (Å²) in [5, 5.41) is 3.37. The van der Waals surface area contributed by atoms with Crippen molar-refractivity contribution in [3.05, 3.63) is 63.6 Å². The summed E-state index contributed by atoms with van der Waals surface area (Å²) in [4.78, 5) is 23.7. The zero-order valence-corrected chi connectivity index (χ0v) is 14.7. The summed E-state index contributed by atoms with van der Waals surface area (Å²) in [6.45, 7) is 0. The first-order valence-electron chi connectivity index (χ1n) is 6.46. The summed E-state index contributed by atoms with van der Waals surface area (Å²) in [7, 11) is 0. The molecule has 6 heteroatoms. The first-order chi connectivity index (χ1) is 10.5. The molecule has 1 N–H and O–H groups in total. The quantitative estimate of drug-likeness (QED) is 0.720. The van der Waals surface area contributed by atoms with E-state index in [4.69, 9.17) is 11.6 Å². The Balaban J connectivity index is 1.75. The van der Waals surface area contributed by atoms with E-state index in [9.17, 15) is 9.59 Å². The first-order valence-corrected chi connectivity index (χ1v) is 8.79. The lowest BCUT2D eigenvalue weighted by Crippen LogP contribution is -2.15. The van der Waals surface area contributed by atoms with E-state index >= 15 is 0 Å². The third-order valence-electron chi connectivity index (χ3n) is 2.76. The van der Waals surface area contributed by atoms with Crippen LogP contribution in [0.1, 0.15) is 10.4 Å². The number of thioether (sulfide) groups is 1. The molecule has 114 valence electrons. The van der Waals surface area contributed by atoms with Crippen molar-refractivity contribution < 1.29 is 9.59 Å². The molecule has 0 saturated carbocycles. The molecule has 22 heavy (non-hydrogen) atoms. The van der Waals surface area contributed by atoms with E-state index in [0.29, 0.717) is 16.3 Å². The molecule has 0 aliphatic carbocycles. The Kier molecular flexibility index (Phi) is 6.49. The zero-order valence-electron chi connectivity index (χ0n) is 11.5. The molecule has 0 radical (unpaired) electrons. The van der Waals surface area contributed by atoms with Crippen LogP contribution in [0.2, 0.25) is 5.02 Å². The minimum absolute atomic E-state index is 0.0109. The summed E-state index contributed by atoms with van der Waals surface area (Å²) in [5.41, 5.74) is 1.34. The Morgan fingerprint density at radius 2 is 1.64 bits per heavy atom. The fourth-order valence-corrected chi connectivity index (χ4v) is 2.79. The number of hydrogen-bond acceptors (Lipinski definition) is 3. The zero-order chi connectivity index (χ0) is 15.9. The van der Waals surface area contributed by atoms with Gasteiger partial charge in [0.2, 0.25) is 5.91 Å². The highest BCUT2D eigenvalue weighted by Gasteiger charge is 2.08. The molecule has 1 amide bonds. The minimum atomic E-state index is -0.143. The molecule has 0 fully saturated rings. The number of carbonyl (C=O) groups is 2. The molecule has 0 heterocycles. The third kappa shape index (κ3) is 5.48. The van der Waals surface area contributed by atoms with Gasteiger partial charge in [-0.15, -0.1) is 11.8 Å². The van der Waals surface area contributed by atoms with Crippen LogP contribution in [-0.2, 0) is 4.79 Å². The lowest BCUT2D eigenvalue weighted by atomic mass is 10.2. The highest BCUT2D eigenvalue weighted by atomic mass is 79.9. The fraction of sp³-hybridized carbons (Fsp3) is 0.125. The van der Waals surface area contributed by atoms with Crippen molar-refractivity contribution in [2.75, 3.05) is 16.8 Å². The molecule has 0 unspecified atom stereocenters. The molecule has 2 aromatic carbocycles. The number of Topliss-reactive ketones (excluding diaryl/α,β-unsaturated/α-hetero) is 1. The molecule has 0 aliphatic rings. The number of nitrogens with one attached hydrogen (secondary N) is 1. The molecular formula is C16H13BrClNO2S. The van der Waals surface area contributed by atoms with Gasteiger partial charge in [-0.2, -0.15) is 0 Å². The predicted octanol–water partition coefficient (Wildman–Crippen LogP) is 4.66. The second-order valence-electron chi connectivity index (χ2n) is 4.48. The summed E-state index contributed by atoms with van der Waals surface area (Å²) in [6, 6.07) is 14.1. The third-order valence-corrected chi connectivity index (χ3v) is 4.47. The molecule has 0 aromatic heterocycles. The molecule has 0 atom stereocenters. The smallest absolute Gasteiger partial charge is 0.234 e. The second kappa shape index (κ2) is 8.36. The summed E-state index contributed by atoms with van der Waals surface area (Å²) >= 11 is 10.4. The molecule has 0 aliphatic heterocycles. The van der Waals surface area contributed by atoms with Gasteiger partial charge >= 0.3 is 0 Å². The van der Waals surface area contributed by atoms with Crippen molar-refractivity contribution >= 4 is 56.7 Å². The summed E-state index contributed by atoms with van der Waals surface area (Å²) in [5.74, 6) is 0.369. The summed E-state index contributed by atoms with van der Waals surface area (Å²) in [6.07, 6.45) is 0. The van der Waals surface area contributed by atoms with Crippen LogP contribution in [0, 0.1) is 0 Å². The number of carbonyl (C=O) groups excluding carboxylic acids is 2. The van der Waals surface area contributed by atoms with Crippen LogP contribution in [0.4, 0.5) is 5.69 Å². The van der Waals surface area contributed by atoms with Gasteiger partial charge in [-0.3, -0.25) is 9.59 Å². The van der Waals surface area contributed by atoms with Crippen LogP contribution >= 0.6 is 39.3 Å². The van der Waals surface area contributed by atoms with Gasteiger partial charge in [0.1, 0.15) is 0 Å². The molecule has 3 nitrogen and oxygen atoms in total. The van der Waals surface area contributed by atoms with Crippen LogP contribution < -0.4 is 5.32 Å². The maximum absolute atomic E-state index is 12.0. The van der Waals surface area contributed by atoms with Gasteiger partial charge in [0, 0.05) is 20.7 Å². The maximum Gasteiger partial charge on any atom is 0.234 e.